The zero-order valence-corrected chi connectivity index (χ0v) is 12.8. The third-order valence-electron chi connectivity index (χ3n) is 3.53. The van der Waals surface area contributed by atoms with Gasteiger partial charge < -0.3 is 0 Å². The van der Waals surface area contributed by atoms with Crippen LogP contribution < -0.4 is 0 Å². The van der Waals surface area contributed by atoms with E-state index in [0.717, 1.165) is 24.8 Å². The Morgan fingerprint density at radius 2 is 2.00 bits per heavy atom. The maximum absolute atomic E-state index is 12.2. The lowest BCUT2D eigenvalue weighted by Gasteiger charge is -2.24. The molecule has 1 aromatic carbocycles. The molecule has 0 aromatic heterocycles. The van der Waals surface area contributed by atoms with E-state index < -0.39 is 10.0 Å². The molecule has 1 fully saturated rings. The first-order chi connectivity index (χ1) is 9.03. The molecule has 1 heterocycles. The van der Waals surface area contributed by atoms with E-state index in [0.29, 0.717) is 18.0 Å². The molecule has 1 unspecified atom stereocenters. The zero-order chi connectivity index (χ0) is 13.9. The number of sulfonamides is 1. The highest BCUT2D eigenvalue weighted by Crippen LogP contribution is 2.25. The number of rotatable bonds is 5. The van der Waals surface area contributed by atoms with Crippen LogP contribution in [-0.4, -0.2) is 31.1 Å². The number of hydrogen-bond donors (Lipinski definition) is 0. The van der Waals surface area contributed by atoms with Crippen molar-refractivity contribution in [3.63, 3.8) is 0 Å². The van der Waals surface area contributed by atoms with Crippen LogP contribution in [0.15, 0.2) is 24.3 Å². The number of nitrogens with zero attached hydrogens (tertiary/aromatic N) is 1. The van der Waals surface area contributed by atoms with Gasteiger partial charge in [-0.15, -0.1) is 0 Å². The predicted molar refractivity (Wildman–Crippen MR) is 79.0 cm³/mol. The van der Waals surface area contributed by atoms with Crippen molar-refractivity contribution in [3.8, 4) is 0 Å². The predicted octanol–water partition coefficient (Wildman–Crippen LogP) is 3.09. The molecule has 1 aromatic rings. The molecule has 0 N–H and O–H groups in total. The zero-order valence-electron chi connectivity index (χ0n) is 11.2. The molecule has 0 aliphatic carbocycles. The molecule has 2 rings (SSSR count). The highest BCUT2D eigenvalue weighted by molar-refractivity contribution is 7.89. The molecule has 19 heavy (non-hydrogen) atoms. The quantitative estimate of drug-likeness (QED) is 0.838. The lowest BCUT2D eigenvalue weighted by Crippen LogP contribution is -2.38. The van der Waals surface area contributed by atoms with Gasteiger partial charge in [0.2, 0.25) is 10.0 Å². The van der Waals surface area contributed by atoms with Crippen molar-refractivity contribution in [1.29, 1.82) is 0 Å². The Kier molecular flexibility index (Phi) is 4.87. The van der Waals surface area contributed by atoms with Crippen LogP contribution in [0.25, 0.3) is 0 Å². The first-order valence-corrected chi connectivity index (χ1v) is 8.75. The molecular formula is C14H20ClNO2S. The van der Waals surface area contributed by atoms with Crippen molar-refractivity contribution in [2.24, 2.45) is 0 Å². The van der Waals surface area contributed by atoms with Gasteiger partial charge in [-0.1, -0.05) is 30.7 Å². The van der Waals surface area contributed by atoms with E-state index >= 15 is 0 Å². The van der Waals surface area contributed by atoms with Crippen LogP contribution >= 0.6 is 11.6 Å². The van der Waals surface area contributed by atoms with Gasteiger partial charge in [0.05, 0.1) is 5.75 Å². The number of halogens is 1. The largest absolute Gasteiger partial charge is 0.214 e. The van der Waals surface area contributed by atoms with Crippen LogP contribution in [0.4, 0.5) is 0 Å². The molecule has 5 heteroatoms. The van der Waals surface area contributed by atoms with E-state index in [9.17, 15) is 8.42 Å². The van der Waals surface area contributed by atoms with Crippen LogP contribution in [0.2, 0.25) is 5.02 Å². The second-order valence-corrected chi connectivity index (χ2v) is 7.53. The van der Waals surface area contributed by atoms with Gasteiger partial charge in [-0.3, -0.25) is 0 Å². The van der Waals surface area contributed by atoms with Gasteiger partial charge in [-0.05, 0) is 43.4 Å². The fraction of sp³-hybridized carbons (Fsp3) is 0.571. The van der Waals surface area contributed by atoms with Crippen molar-refractivity contribution < 1.29 is 8.42 Å². The second-order valence-electron chi connectivity index (χ2n) is 5.05. The lowest BCUT2D eigenvalue weighted by atomic mass is 10.1. The minimum atomic E-state index is -3.08. The summed E-state index contributed by atoms with van der Waals surface area (Å²) in [6.07, 6.45) is 3.36. The molecule has 0 amide bonds. The van der Waals surface area contributed by atoms with E-state index in [2.05, 4.69) is 0 Å². The Balaban J connectivity index is 2.09. The van der Waals surface area contributed by atoms with Crippen LogP contribution in [0.1, 0.15) is 31.7 Å². The summed E-state index contributed by atoms with van der Waals surface area (Å²) in [5, 5.41) is 0.714. The highest BCUT2D eigenvalue weighted by atomic mass is 35.5. The van der Waals surface area contributed by atoms with Gasteiger partial charge in [0, 0.05) is 17.6 Å². The van der Waals surface area contributed by atoms with Gasteiger partial charge in [0.25, 0.3) is 0 Å². The highest BCUT2D eigenvalue weighted by Gasteiger charge is 2.33. The van der Waals surface area contributed by atoms with Gasteiger partial charge in [-0.25, -0.2) is 8.42 Å². The SMILES string of the molecule is CCCS(=O)(=O)N1CCCC1Cc1ccc(Cl)cc1. The summed E-state index contributed by atoms with van der Waals surface area (Å²) in [5.74, 6) is 0.254. The second kappa shape index (κ2) is 6.25. The summed E-state index contributed by atoms with van der Waals surface area (Å²) >= 11 is 5.86. The molecule has 1 aliphatic rings. The van der Waals surface area contributed by atoms with Crippen molar-refractivity contribution in [2.45, 2.75) is 38.6 Å². The molecule has 0 radical (unpaired) electrons. The van der Waals surface area contributed by atoms with Crippen molar-refractivity contribution >= 4 is 21.6 Å². The third-order valence-corrected chi connectivity index (χ3v) is 5.90. The van der Waals surface area contributed by atoms with Gasteiger partial charge in [0.1, 0.15) is 0 Å². The molecule has 1 atom stereocenters. The average molecular weight is 302 g/mol. The summed E-state index contributed by atoms with van der Waals surface area (Å²) < 4.78 is 26.1. The van der Waals surface area contributed by atoms with Crippen LogP contribution in [0, 0.1) is 0 Å². The Labute approximate surface area is 120 Å². The smallest absolute Gasteiger partial charge is 0.212 e. The monoisotopic (exact) mass is 301 g/mol. The summed E-state index contributed by atoms with van der Waals surface area (Å²) in [4.78, 5) is 0. The van der Waals surface area contributed by atoms with Gasteiger partial charge in [-0.2, -0.15) is 4.31 Å². The van der Waals surface area contributed by atoms with Crippen LogP contribution in [-0.2, 0) is 16.4 Å². The Morgan fingerprint density at radius 1 is 1.32 bits per heavy atom. The normalized spacial score (nSPS) is 20.8. The van der Waals surface area contributed by atoms with Crippen molar-refractivity contribution in [1.82, 2.24) is 4.31 Å². The number of benzene rings is 1. The van der Waals surface area contributed by atoms with Crippen LogP contribution in [0.5, 0.6) is 0 Å². The van der Waals surface area contributed by atoms with Crippen molar-refractivity contribution in [2.75, 3.05) is 12.3 Å². The Morgan fingerprint density at radius 3 is 2.63 bits per heavy atom. The lowest BCUT2D eigenvalue weighted by molar-refractivity contribution is 0.385. The fourth-order valence-electron chi connectivity index (χ4n) is 2.65. The Bertz CT molecular complexity index is 513. The van der Waals surface area contributed by atoms with E-state index in [1.54, 1.807) is 4.31 Å². The van der Waals surface area contributed by atoms with Crippen molar-refractivity contribution in [3.05, 3.63) is 34.9 Å². The molecule has 3 nitrogen and oxygen atoms in total. The summed E-state index contributed by atoms with van der Waals surface area (Å²) in [5.41, 5.74) is 1.15. The molecular weight excluding hydrogens is 282 g/mol. The van der Waals surface area contributed by atoms with E-state index in [1.165, 1.54) is 0 Å². The molecule has 0 spiro atoms. The molecule has 106 valence electrons. The van der Waals surface area contributed by atoms with Gasteiger partial charge in [0.15, 0.2) is 0 Å². The first-order valence-electron chi connectivity index (χ1n) is 6.77. The third kappa shape index (κ3) is 3.71. The topological polar surface area (TPSA) is 37.4 Å². The first kappa shape index (κ1) is 14.8. The van der Waals surface area contributed by atoms with E-state index in [4.69, 9.17) is 11.6 Å². The average Bonchev–Trinajstić information content (AvgIpc) is 2.81. The van der Waals surface area contributed by atoms with E-state index in [1.807, 2.05) is 31.2 Å². The number of hydrogen-bond acceptors (Lipinski definition) is 2. The molecule has 1 saturated heterocycles. The van der Waals surface area contributed by atoms with Gasteiger partial charge >= 0.3 is 0 Å². The summed E-state index contributed by atoms with van der Waals surface area (Å²) in [6, 6.07) is 7.78. The molecule has 1 aliphatic heterocycles. The summed E-state index contributed by atoms with van der Waals surface area (Å²) in [6.45, 7) is 2.57. The van der Waals surface area contributed by atoms with Crippen LogP contribution in [0.3, 0.4) is 0 Å². The maximum atomic E-state index is 12.2. The van der Waals surface area contributed by atoms with E-state index in [-0.39, 0.29) is 11.8 Å². The standard InChI is InChI=1S/C14H20ClNO2S/c1-2-10-19(17,18)16-9-3-4-14(16)11-12-5-7-13(15)8-6-12/h5-8,14H,2-4,9-11H2,1H3. The fourth-order valence-corrected chi connectivity index (χ4v) is 4.57. The maximum Gasteiger partial charge on any atom is 0.214 e. The minimum absolute atomic E-state index is 0.109. The minimum Gasteiger partial charge on any atom is -0.212 e. The molecule has 0 saturated carbocycles. The summed E-state index contributed by atoms with van der Waals surface area (Å²) in [7, 11) is -3.08. The molecule has 0 bridgehead atoms. The Hall–Kier alpha value is -0.580.